The van der Waals surface area contributed by atoms with E-state index in [0.717, 1.165) is 5.56 Å². The third kappa shape index (κ3) is 3.19. The van der Waals surface area contributed by atoms with Crippen LogP contribution in [-0.2, 0) is 11.2 Å². The lowest BCUT2D eigenvalue weighted by molar-refractivity contribution is -0.122. The van der Waals surface area contributed by atoms with Gasteiger partial charge in [-0.15, -0.1) is 0 Å². The molecule has 0 radical (unpaired) electrons. The monoisotopic (exact) mass is 218 g/mol. The standard InChI is InChI=1S/C15H22O/c1-10(2)13(5)15(16)9-14-7-6-11(3)12(4)8-14/h6-8,10,13H,9H2,1-5H3. The molecule has 1 heteroatoms. The van der Waals surface area contributed by atoms with E-state index in [1.165, 1.54) is 11.1 Å². The van der Waals surface area contributed by atoms with Crippen molar-refractivity contribution < 1.29 is 4.79 Å². The van der Waals surface area contributed by atoms with Crippen LogP contribution in [0.3, 0.4) is 0 Å². The fraction of sp³-hybridized carbons (Fsp3) is 0.533. The maximum Gasteiger partial charge on any atom is 0.140 e. The fourth-order valence-electron chi connectivity index (χ4n) is 1.65. The highest BCUT2D eigenvalue weighted by atomic mass is 16.1. The highest BCUT2D eigenvalue weighted by Gasteiger charge is 2.16. The summed E-state index contributed by atoms with van der Waals surface area (Å²) in [7, 11) is 0. The molecule has 1 unspecified atom stereocenters. The number of hydrogen-bond donors (Lipinski definition) is 0. The van der Waals surface area contributed by atoms with Gasteiger partial charge in [0, 0.05) is 12.3 Å². The van der Waals surface area contributed by atoms with Crippen LogP contribution in [0.15, 0.2) is 18.2 Å². The molecule has 0 heterocycles. The van der Waals surface area contributed by atoms with Gasteiger partial charge in [-0.2, -0.15) is 0 Å². The van der Waals surface area contributed by atoms with Gasteiger partial charge in [0.25, 0.3) is 0 Å². The molecule has 0 aliphatic carbocycles. The Morgan fingerprint density at radius 3 is 2.25 bits per heavy atom. The van der Waals surface area contributed by atoms with E-state index in [4.69, 9.17) is 0 Å². The Bertz CT molecular complexity index is 377. The summed E-state index contributed by atoms with van der Waals surface area (Å²) >= 11 is 0. The van der Waals surface area contributed by atoms with E-state index in [2.05, 4.69) is 45.9 Å². The van der Waals surface area contributed by atoms with E-state index in [1.54, 1.807) is 0 Å². The summed E-state index contributed by atoms with van der Waals surface area (Å²) in [5.41, 5.74) is 3.69. The lowest BCUT2D eigenvalue weighted by Crippen LogP contribution is -2.18. The van der Waals surface area contributed by atoms with E-state index in [-0.39, 0.29) is 5.92 Å². The molecule has 0 saturated heterocycles. The number of carbonyl (C=O) groups excluding carboxylic acids is 1. The normalized spacial score (nSPS) is 12.9. The Kier molecular flexibility index (Phi) is 4.28. The van der Waals surface area contributed by atoms with E-state index in [9.17, 15) is 4.79 Å². The molecular weight excluding hydrogens is 196 g/mol. The van der Waals surface area contributed by atoms with E-state index in [1.807, 2.05) is 6.92 Å². The zero-order valence-electron chi connectivity index (χ0n) is 11.0. The summed E-state index contributed by atoms with van der Waals surface area (Å²) < 4.78 is 0. The molecule has 1 rings (SSSR count). The zero-order valence-corrected chi connectivity index (χ0v) is 11.0. The SMILES string of the molecule is Cc1ccc(CC(=O)C(C)C(C)C)cc1C. The molecule has 0 bridgehead atoms. The van der Waals surface area contributed by atoms with Crippen LogP contribution >= 0.6 is 0 Å². The van der Waals surface area contributed by atoms with Gasteiger partial charge in [-0.05, 0) is 36.5 Å². The first-order chi connectivity index (χ1) is 7.41. The van der Waals surface area contributed by atoms with Gasteiger partial charge in [0.05, 0.1) is 0 Å². The summed E-state index contributed by atoms with van der Waals surface area (Å²) in [5.74, 6) is 0.930. The Morgan fingerprint density at radius 1 is 1.12 bits per heavy atom. The molecule has 0 aromatic heterocycles. The Morgan fingerprint density at radius 2 is 1.75 bits per heavy atom. The summed E-state index contributed by atoms with van der Waals surface area (Å²) in [6.07, 6.45) is 0.570. The van der Waals surface area contributed by atoms with Gasteiger partial charge < -0.3 is 0 Å². The van der Waals surface area contributed by atoms with Gasteiger partial charge in [0.1, 0.15) is 5.78 Å². The molecule has 0 amide bonds. The van der Waals surface area contributed by atoms with Gasteiger partial charge in [-0.25, -0.2) is 0 Å². The molecule has 0 spiro atoms. The van der Waals surface area contributed by atoms with Crippen LogP contribution in [0.2, 0.25) is 0 Å². The zero-order chi connectivity index (χ0) is 12.3. The second kappa shape index (κ2) is 5.29. The van der Waals surface area contributed by atoms with E-state index in [0.29, 0.717) is 18.1 Å². The lowest BCUT2D eigenvalue weighted by Gasteiger charge is -2.14. The molecular formula is C15H22O. The van der Waals surface area contributed by atoms with E-state index >= 15 is 0 Å². The fourth-order valence-corrected chi connectivity index (χ4v) is 1.65. The van der Waals surface area contributed by atoms with Crippen molar-refractivity contribution in [2.24, 2.45) is 11.8 Å². The van der Waals surface area contributed by atoms with Gasteiger partial charge in [-0.1, -0.05) is 39.0 Å². The minimum Gasteiger partial charge on any atom is -0.299 e. The molecule has 0 N–H and O–H groups in total. The van der Waals surface area contributed by atoms with Crippen molar-refractivity contribution in [1.82, 2.24) is 0 Å². The summed E-state index contributed by atoms with van der Waals surface area (Å²) in [4.78, 5) is 12.0. The summed E-state index contributed by atoms with van der Waals surface area (Å²) in [6.45, 7) is 10.4. The van der Waals surface area contributed by atoms with Crippen LogP contribution in [0.5, 0.6) is 0 Å². The van der Waals surface area contributed by atoms with Crippen molar-refractivity contribution in [2.75, 3.05) is 0 Å². The summed E-state index contributed by atoms with van der Waals surface area (Å²) in [6, 6.07) is 6.28. The average Bonchev–Trinajstić information content (AvgIpc) is 2.22. The number of aryl methyl sites for hydroxylation is 2. The Hall–Kier alpha value is -1.11. The first-order valence-electron chi connectivity index (χ1n) is 6.00. The van der Waals surface area contributed by atoms with Crippen LogP contribution in [0.1, 0.15) is 37.5 Å². The highest BCUT2D eigenvalue weighted by molar-refractivity contribution is 5.83. The minimum atomic E-state index is 0.154. The number of hydrogen-bond acceptors (Lipinski definition) is 1. The third-order valence-electron chi connectivity index (χ3n) is 3.46. The number of benzene rings is 1. The van der Waals surface area contributed by atoms with Crippen LogP contribution in [0.25, 0.3) is 0 Å². The topological polar surface area (TPSA) is 17.1 Å². The van der Waals surface area contributed by atoms with Crippen molar-refractivity contribution >= 4 is 5.78 Å². The molecule has 1 aromatic rings. The van der Waals surface area contributed by atoms with Crippen LogP contribution in [-0.4, -0.2) is 5.78 Å². The van der Waals surface area contributed by atoms with Crippen molar-refractivity contribution in [3.05, 3.63) is 34.9 Å². The number of carbonyl (C=O) groups is 1. The minimum absolute atomic E-state index is 0.154. The molecule has 0 aliphatic rings. The predicted octanol–water partition coefficient (Wildman–Crippen LogP) is 3.71. The first kappa shape index (κ1) is 13.0. The van der Waals surface area contributed by atoms with Crippen molar-refractivity contribution in [2.45, 2.75) is 41.0 Å². The average molecular weight is 218 g/mol. The lowest BCUT2D eigenvalue weighted by atomic mass is 9.89. The molecule has 16 heavy (non-hydrogen) atoms. The van der Waals surface area contributed by atoms with Crippen molar-refractivity contribution in [3.8, 4) is 0 Å². The quantitative estimate of drug-likeness (QED) is 0.753. The van der Waals surface area contributed by atoms with Crippen LogP contribution in [0.4, 0.5) is 0 Å². The third-order valence-corrected chi connectivity index (χ3v) is 3.46. The largest absolute Gasteiger partial charge is 0.299 e. The van der Waals surface area contributed by atoms with Crippen LogP contribution < -0.4 is 0 Å². The summed E-state index contributed by atoms with van der Waals surface area (Å²) in [5, 5.41) is 0. The highest BCUT2D eigenvalue weighted by Crippen LogP contribution is 2.16. The van der Waals surface area contributed by atoms with Gasteiger partial charge in [-0.3, -0.25) is 4.79 Å². The van der Waals surface area contributed by atoms with E-state index < -0.39 is 0 Å². The van der Waals surface area contributed by atoms with Crippen molar-refractivity contribution in [1.29, 1.82) is 0 Å². The molecule has 1 aromatic carbocycles. The maximum absolute atomic E-state index is 12.0. The van der Waals surface area contributed by atoms with Gasteiger partial charge in [0.15, 0.2) is 0 Å². The Balaban J connectivity index is 2.74. The maximum atomic E-state index is 12.0. The second-order valence-electron chi connectivity index (χ2n) is 5.09. The molecule has 0 saturated carbocycles. The Labute approximate surface area is 98.9 Å². The predicted molar refractivity (Wildman–Crippen MR) is 68.6 cm³/mol. The number of rotatable bonds is 4. The van der Waals surface area contributed by atoms with Gasteiger partial charge in [0.2, 0.25) is 0 Å². The second-order valence-corrected chi connectivity index (χ2v) is 5.09. The van der Waals surface area contributed by atoms with Crippen molar-refractivity contribution in [3.63, 3.8) is 0 Å². The first-order valence-corrected chi connectivity index (χ1v) is 6.00. The molecule has 0 fully saturated rings. The molecule has 1 atom stereocenters. The molecule has 0 aliphatic heterocycles. The van der Waals surface area contributed by atoms with Gasteiger partial charge >= 0.3 is 0 Å². The van der Waals surface area contributed by atoms with Crippen LogP contribution in [0, 0.1) is 25.7 Å². The smallest absolute Gasteiger partial charge is 0.140 e. The number of ketones is 1. The number of Topliss-reactive ketones (excluding diaryl/α,β-unsaturated/α-hetero) is 1. The molecule has 1 nitrogen and oxygen atoms in total. The molecule has 88 valence electrons.